The van der Waals surface area contributed by atoms with E-state index in [9.17, 15) is 14.7 Å². The molecule has 1 aromatic carbocycles. The number of benzene rings is 1. The number of likely N-dealkylation sites (N-methyl/N-ethyl adjacent to an activating group) is 1. The maximum absolute atomic E-state index is 12.1. The van der Waals surface area contributed by atoms with Gasteiger partial charge in [0.25, 0.3) is 11.1 Å². The van der Waals surface area contributed by atoms with Crippen molar-refractivity contribution >= 4 is 50.9 Å². The van der Waals surface area contributed by atoms with Gasteiger partial charge in [-0.3, -0.25) is 14.5 Å². The number of carbonyl (C=O) groups excluding carboxylic acids is 2. The maximum atomic E-state index is 12.1. The Hall–Kier alpha value is -2.63. The van der Waals surface area contributed by atoms with Crippen molar-refractivity contribution in [1.82, 2.24) is 14.9 Å². The lowest BCUT2D eigenvalue weighted by Gasteiger charge is -2.11. The van der Waals surface area contributed by atoms with E-state index in [1.807, 2.05) is 0 Å². The van der Waals surface area contributed by atoms with Crippen LogP contribution in [0.25, 0.3) is 6.08 Å². The molecule has 0 atom stereocenters. The van der Waals surface area contributed by atoms with Gasteiger partial charge in [-0.1, -0.05) is 15.9 Å². The third-order valence-corrected chi connectivity index (χ3v) is 5.49. The Labute approximate surface area is 178 Å². The highest BCUT2D eigenvalue weighted by atomic mass is 79.9. The summed E-state index contributed by atoms with van der Waals surface area (Å²) in [4.78, 5) is 33.3. The minimum atomic E-state index is -0.380. The van der Waals surface area contributed by atoms with Crippen molar-refractivity contribution in [2.75, 3.05) is 25.5 Å². The van der Waals surface area contributed by atoms with E-state index in [4.69, 9.17) is 9.84 Å². The molecule has 3 N–H and O–H groups in total. The molecule has 0 aliphatic carbocycles. The number of nitrogens with one attached hydrogen (secondary N) is 1. The number of aromatic nitrogens is 2. The molecule has 3 rings (SSSR count). The molecule has 1 aliphatic rings. The summed E-state index contributed by atoms with van der Waals surface area (Å²) in [6.45, 7) is 0.438. The Morgan fingerprint density at radius 2 is 2.03 bits per heavy atom. The average Bonchev–Trinajstić information content (AvgIpc) is 2.95. The van der Waals surface area contributed by atoms with Crippen LogP contribution in [0.15, 0.2) is 33.9 Å². The van der Waals surface area contributed by atoms with E-state index in [-0.39, 0.29) is 40.8 Å². The normalized spacial score (nSPS) is 15.3. The first kappa shape index (κ1) is 21.1. The highest BCUT2D eigenvalue weighted by molar-refractivity contribution is 9.10. The zero-order valence-electron chi connectivity index (χ0n) is 15.3. The van der Waals surface area contributed by atoms with E-state index in [1.165, 1.54) is 13.1 Å². The summed E-state index contributed by atoms with van der Waals surface area (Å²) in [6, 6.07) is 3.02. The number of imide groups is 1. The molecule has 1 fully saturated rings. The van der Waals surface area contributed by atoms with Gasteiger partial charge in [0.05, 0.1) is 11.5 Å². The standard InChI is InChI=1S/C18H17BrN4O5S/c1-23-16(26)15(29-18(23)27)5-11-4-14(13(25)6-12(11)19)28-9-10-7-21-17(22-8-10)20-2-3-24/h4-8,24-25H,2-3,9H2,1H3,(H,20,21,22)/b15-5-. The fourth-order valence-electron chi connectivity index (χ4n) is 2.32. The summed E-state index contributed by atoms with van der Waals surface area (Å²) in [5, 5.41) is 21.4. The van der Waals surface area contributed by atoms with E-state index >= 15 is 0 Å². The third kappa shape index (κ3) is 5.05. The van der Waals surface area contributed by atoms with Crippen molar-refractivity contribution in [2.24, 2.45) is 0 Å². The highest BCUT2D eigenvalue weighted by Crippen LogP contribution is 2.37. The van der Waals surface area contributed by atoms with Crippen LogP contribution in [0, 0.1) is 0 Å². The van der Waals surface area contributed by atoms with Crippen molar-refractivity contribution < 1.29 is 24.5 Å². The summed E-state index contributed by atoms with van der Waals surface area (Å²) in [5.74, 6) is 0.133. The van der Waals surface area contributed by atoms with Crippen LogP contribution in [0.1, 0.15) is 11.1 Å². The predicted molar refractivity (Wildman–Crippen MR) is 111 cm³/mol. The van der Waals surface area contributed by atoms with Crippen LogP contribution >= 0.6 is 27.7 Å². The van der Waals surface area contributed by atoms with Crippen molar-refractivity contribution in [2.45, 2.75) is 6.61 Å². The summed E-state index contributed by atoms with van der Waals surface area (Å²) in [5.41, 5.74) is 1.26. The largest absolute Gasteiger partial charge is 0.504 e. The van der Waals surface area contributed by atoms with Gasteiger partial charge in [0, 0.05) is 36.0 Å². The van der Waals surface area contributed by atoms with Crippen LogP contribution in [0.3, 0.4) is 0 Å². The molecule has 0 spiro atoms. The van der Waals surface area contributed by atoms with Gasteiger partial charge < -0.3 is 20.3 Å². The number of phenolic OH excluding ortho intramolecular Hbond substituents is 1. The molecule has 1 aromatic heterocycles. The number of nitrogens with zero attached hydrogens (tertiary/aromatic N) is 3. The van der Waals surface area contributed by atoms with Crippen LogP contribution in [0.5, 0.6) is 11.5 Å². The quantitative estimate of drug-likeness (QED) is 0.512. The molecular formula is C18H17BrN4O5S. The van der Waals surface area contributed by atoms with Gasteiger partial charge in [-0.05, 0) is 35.5 Å². The first-order chi connectivity index (χ1) is 13.9. The summed E-state index contributed by atoms with van der Waals surface area (Å²) >= 11 is 4.19. The number of amides is 2. The number of halogens is 1. The summed E-state index contributed by atoms with van der Waals surface area (Å²) in [6.07, 6.45) is 4.71. The predicted octanol–water partition coefficient (Wildman–Crippen LogP) is 2.59. The van der Waals surface area contributed by atoms with Crippen molar-refractivity contribution in [3.8, 4) is 11.5 Å². The zero-order chi connectivity index (χ0) is 21.0. The fourth-order valence-corrected chi connectivity index (χ4v) is 3.58. The minimum absolute atomic E-state index is 0.0237. The second-order valence-electron chi connectivity index (χ2n) is 5.94. The Bertz CT molecular complexity index is 967. The topological polar surface area (TPSA) is 125 Å². The van der Waals surface area contributed by atoms with Crippen LogP contribution in [-0.4, -0.2) is 56.4 Å². The SMILES string of the molecule is CN1C(=O)S/C(=C\c2cc(OCc3cnc(NCCO)nc3)c(O)cc2Br)C1=O. The number of aliphatic hydroxyl groups is 1. The number of rotatable bonds is 7. The molecule has 0 unspecified atom stereocenters. The van der Waals surface area contributed by atoms with Crippen molar-refractivity contribution in [3.63, 3.8) is 0 Å². The molecule has 11 heteroatoms. The first-order valence-electron chi connectivity index (χ1n) is 8.41. The minimum Gasteiger partial charge on any atom is -0.504 e. The zero-order valence-corrected chi connectivity index (χ0v) is 17.7. The lowest BCUT2D eigenvalue weighted by Crippen LogP contribution is -2.22. The molecule has 2 amide bonds. The molecular weight excluding hydrogens is 464 g/mol. The third-order valence-electron chi connectivity index (χ3n) is 3.85. The van der Waals surface area contributed by atoms with E-state index in [1.54, 1.807) is 24.5 Å². The molecule has 0 saturated carbocycles. The number of thioether (sulfide) groups is 1. The smallest absolute Gasteiger partial charge is 0.293 e. The lowest BCUT2D eigenvalue weighted by molar-refractivity contribution is -0.121. The van der Waals surface area contributed by atoms with Gasteiger partial charge >= 0.3 is 0 Å². The van der Waals surface area contributed by atoms with E-state index < -0.39 is 0 Å². The van der Waals surface area contributed by atoms with E-state index in [2.05, 4.69) is 31.2 Å². The van der Waals surface area contributed by atoms with Gasteiger partial charge in [-0.25, -0.2) is 9.97 Å². The monoisotopic (exact) mass is 480 g/mol. The maximum Gasteiger partial charge on any atom is 0.293 e. The highest BCUT2D eigenvalue weighted by Gasteiger charge is 2.32. The van der Waals surface area contributed by atoms with Crippen LogP contribution in [0.2, 0.25) is 0 Å². The second kappa shape index (κ2) is 9.25. The molecule has 0 bridgehead atoms. The fraction of sp³-hybridized carbons (Fsp3) is 0.222. The van der Waals surface area contributed by atoms with Gasteiger partial charge in [0.15, 0.2) is 11.5 Å². The summed E-state index contributed by atoms with van der Waals surface area (Å²) < 4.78 is 6.21. The number of aliphatic hydroxyl groups excluding tert-OH is 1. The molecule has 152 valence electrons. The van der Waals surface area contributed by atoms with Gasteiger partial charge in [-0.15, -0.1) is 0 Å². The van der Waals surface area contributed by atoms with Crippen LogP contribution in [-0.2, 0) is 11.4 Å². The van der Waals surface area contributed by atoms with Crippen molar-refractivity contribution in [1.29, 1.82) is 0 Å². The Balaban J connectivity index is 1.74. The molecule has 2 aromatic rings. The van der Waals surface area contributed by atoms with E-state index in [0.717, 1.165) is 16.7 Å². The Kier molecular flexibility index (Phi) is 6.72. The van der Waals surface area contributed by atoms with Crippen molar-refractivity contribution in [3.05, 3.63) is 45.0 Å². The number of carbonyl (C=O) groups is 2. The number of anilines is 1. The number of aromatic hydroxyl groups is 1. The number of ether oxygens (including phenoxy) is 1. The molecule has 29 heavy (non-hydrogen) atoms. The van der Waals surface area contributed by atoms with Gasteiger partial charge in [0.2, 0.25) is 5.95 Å². The van der Waals surface area contributed by atoms with E-state index in [0.29, 0.717) is 28.1 Å². The molecule has 1 saturated heterocycles. The molecule has 0 radical (unpaired) electrons. The average molecular weight is 481 g/mol. The van der Waals surface area contributed by atoms with Gasteiger partial charge in [-0.2, -0.15) is 0 Å². The molecule has 9 nitrogen and oxygen atoms in total. The first-order valence-corrected chi connectivity index (χ1v) is 10.0. The summed E-state index contributed by atoms with van der Waals surface area (Å²) in [7, 11) is 1.42. The number of phenols is 1. The Morgan fingerprint density at radius 1 is 1.31 bits per heavy atom. The molecule has 2 heterocycles. The van der Waals surface area contributed by atoms with Crippen LogP contribution < -0.4 is 10.1 Å². The second-order valence-corrected chi connectivity index (χ2v) is 7.78. The van der Waals surface area contributed by atoms with Crippen LogP contribution in [0.4, 0.5) is 10.7 Å². The number of hydrogen-bond donors (Lipinski definition) is 3. The Morgan fingerprint density at radius 3 is 2.66 bits per heavy atom. The molecule has 1 aliphatic heterocycles. The number of hydrogen-bond acceptors (Lipinski definition) is 9. The van der Waals surface area contributed by atoms with Gasteiger partial charge in [0.1, 0.15) is 6.61 Å². The lowest BCUT2D eigenvalue weighted by atomic mass is 10.2.